The fraction of sp³-hybridized carbons (Fsp3) is 0.423. The first-order valence-electron chi connectivity index (χ1n) is 11.6. The molecule has 0 radical (unpaired) electrons. The van der Waals surface area contributed by atoms with Crippen LogP contribution in [0.4, 0.5) is 4.79 Å². The summed E-state index contributed by atoms with van der Waals surface area (Å²) in [5, 5.41) is 14.4. The summed E-state index contributed by atoms with van der Waals surface area (Å²) in [4.78, 5) is 34.7. The molecule has 1 unspecified atom stereocenters. The standard InChI is InChI=1S/C26H32N2O5/c1-18(25(30)31)14-16-27-24(29)13-3-2-8-15-28-26(32)33-17-23-21-11-6-4-9-19(21)20-10-5-7-12-22(20)23/h4-7,9-12,18,23H,2-3,8,13-17H2,1H3,(H,27,29)(H,28,32)(H,30,31). The lowest BCUT2D eigenvalue weighted by Crippen LogP contribution is -2.27. The van der Waals surface area contributed by atoms with E-state index in [0.29, 0.717) is 39.0 Å². The minimum absolute atomic E-state index is 0.0418. The Balaban J connectivity index is 1.29. The van der Waals surface area contributed by atoms with Gasteiger partial charge in [0.1, 0.15) is 6.61 Å². The van der Waals surface area contributed by atoms with Crippen LogP contribution >= 0.6 is 0 Å². The van der Waals surface area contributed by atoms with Gasteiger partial charge in [-0.3, -0.25) is 9.59 Å². The number of alkyl carbamates (subject to hydrolysis) is 1. The molecular weight excluding hydrogens is 420 g/mol. The molecule has 3 N–H and O–H groups in total. The van der Waals surface area contributed by atoms with Gasteiger partial charge in [-0.1, -0.05) is 61.9 Å². The van der Waals surface area contributed by atoms with Gasteiger partial charge < -0.3 is 20.5 Å². The van der Waals surface area contributed by atoms with E-state index in [0.717, 1.165) is 12.8 Å². The van der Waals surface area contributed by atoms with Crippen molar-refractivity contribution >= 4 is 18.0 Å². The van der Waals surface area contributed by atoms with E-state index in [9.17, 15) is 14.4 Å². The van der Waals surface area contributed by atoms with Crippen LogP contribution < -0.4 is 10.6 Å². The largest absolute Gasteiger partial charge is 0.481 e. The molecule has 2 amide bonds. The Morgan fingerprint density at radius 1 is 0.909 bits per heavy atom. The number of rotatable bonds is 12. The average molecular weight is 453 g/mol. The second-order valence-electron chi connectivity index (χ2n) is 8.44. The molecular formula is C26H32N2O5. The Morgan fingerprint density at radius 3 is 2.18 bits per heavy atom. The third-order valence-electron chi connectivity index (χ3n) is 6.01. The molecule has 0 fully saturated rings. The van der Waals surface area contributed by atoms with Crippen LogP contribution in [-0.4, -0.2) is 42.8 Å². The van der Waals surface area contributed by atoms with Gasteiger partial charge >= 0.3 is 12.1 Å². The Bertz CT molecular complexity index is 929. The van der Waals surface area contributed by atoms with Crippen LogP contribution in [0.2, 0.25) is 0 Å². The number of carbonyl (C=O) groups excluding carboxylic acids is 2. The summed E-state index contributed by atoms with van der Waals surface area (Å²) in [5.41, 5.74) is 4.76. The number of ether oxygens (including phenoxy) is 1. The molecule has 0 spiro atoms. The SMILES string of the molecule is CC(CCNC(=O)CCCCCNC(=O)OCC1c2ccccc2-c2ccccc21)C(=O)O. The van der Waals surface area contributed by atoms with E-state index in [1.54, 1.807) is 6.92 Å². The van der Waals surface area contributed by atoms with Gasteiger partial charge in [-0.25, -0.2) is 4.79 Å². The number of benzene rings is 2. The summed E-state index contributed by atoms with van der Waals surface area (Å²) >= 11 is 0. The molecule has 1 atom stereocenters. The number of aliphatic carboxylic acids is 1. The second kappa shape index (κ2) is 12.0. The Hall–Kier alpha value is -3.35. The summed E-state index contributed by atoms with van der Waals surface area (Å²) in [6, 6.07) is 16.4. The van der Waals surface area contributed by atoms with E-state index < -0.39 is 18.0 Å². The van der Waals surface area contributed by atoms with Crippen LogP contribution in [0.1, 0.15) is 56.1 Å². The van der Waals surface area contributed by atoms with E-state index in [4.69, 9.17) is 9.84 Å². The van der Waals surface area contributed by atoms with E-state index in [1.165, 1.54) is 22.3 Å². The smallest absolute Gasteiger partial charge is 0.407 e. The Morgan fingerprint density at radius 2 is 1.55 bits per heavy atom. The number of amides is 2. The van der Waals surface area contributed by atoms with E-state index in [-0.39, 0.29) is 11.8 Å². The molecule has 0 bridgehead atoms. The monoisotopic (exact) mass is 452 g/mol. The number of hydrogen-bond acceptors (Lipinski definition) is 4. The van der Waals surface area contributed by atoms with E-state index >= 15 is 0 Å². The number of unbranched alkanes of at least 4 members (excludes halogenated alkanes) is 2. The van der Waals surface area contributed by atoms with Crippen LogP contribution in [0.5, 0.6) is 0 Å². The maximum absolute atomic E-state index is 12.1. The summed E-state index contributed by atoms with van der Waals surface area (Å²) in [7, 11) is 0. The molecule has 0 saturated carbocycles. The predicted molar refractivity (Wildman–Crippen MR) is 126 cm³/mol. The number of fused-ring (bicyclic) bond motifs is 3. The van der Waals surface area contributed by atoms with Gasteiger partial charge in [0.05, 0.1) is 5.92 Å². The zero-order valence-corrected chi connectivity index (χ0v) is 19.0. The fourth-order valence-electron chi connectivity index (χ4n) is 4.07. The van der Waals surface area contributed by atoms with Crippen molar-refractivity contribution in [1.82, 2.24) is 10.6 Å². The topological polar surface area (TPSA) is 105 Å². The lowest BCUT2D eigenvalue weighted by atomic mass is 9.98. The van der Waals surface area contributed by atoms with Crippen molar-refractivity contribution in [3.05, 3.63) is 59.7 Å². The van der Waals surface area contributed by atoms with Crippen LogP contribution in [0.3, 0.4) is 0 Å². The van der Waals surface area contributed by atoms with Crippen molar-refractivity contribution in [2.45, 2.75) is 44.9 Å². The van der Waals surface area contributed by atoms with Crippen molar-refractivity contribution < 1.29 is 24.2 Å². The normalized spacial score (nSPS) is 13.0. The van der Waals surface area contributed by atoms with E-state index in [1.807, 2.05) is 24.3 Å². The Labute approximate surface area is 194 Å². The molecule has 1 aliphatic rings. The van der Waals surface area contributed by atoms with Gasteiger partial charge in [-0.15, -0.1) is 0 Å². The molecule has 7 heteroatoms. The van der Waals surface area contributed by atoms with Gasteiger partial charge in [0.2, 0.25) is 5.91 Å². The molecule has 2 aromatic rings. The first kappa shape index (κ1) is 24.3. The third kappa shape index (κ3) is 6.81. The van der Waals surface area contributed by atoms with Gasteiger partial charge in [-0.05, 0) is 41.5 Å². The van der Waals surface area contributed by atoms with Crippen molar-refractivity contribution in [1.29, 1.82) is 0 Å². The fourth-order valence-corrected chi connectivity index (χ4v) is 4.07. The quantitative estimate of drug-likeness (QED) is 0.416. The van der Waals surface area contributed by atoms with Gasteiger partial charge in [0.25, 0.3) is 0 Å². The van der Waals surface area contributed by atoms with Crippen LogP contribution in [0, 0.1) is 5.92 Å². The minimum atomic E-state index is -0.854. The zero-order chi connectivity index (χ0) is 23.6. The summed E-state index contributed by atoms with van der Waals surface area (Å²) < 4.78 is 5.51. The predicted octanol–water partition coefficient (Wildman–Crippen LogP) is 4.31. The molecule has 0 aliphatic heterocycles. The first-order chi connectivity index (χ1) is 16.0. The molecule has 2 aromatic carbocycles. The number of carboxylic acid groups (broad SMARTS) is 1. The van der Waals surface area contributed by atoms with Gasteiger partial charge in [0.15, 0.2) is 0 Å². The zero-order valence-electron chi connectivity index (χ0n) is 19.0. The van der Waals surface area contributed by atoms with Gasteiger partial charge in [0, 0.05) is 25.4 Å². The highest BCUT2D eigenvalue weighted by molar-refractivity contribution is 5.79. The highest BCUT2D eigenvalue weighted by Crippen LogP contribution is 2.44. The first-order valence-corrected chi connectivity index (χ1v) is 11.6. The number of nitrogens with one attached hydrogen (secondary N) is 2. The van der Waals surface area contributed by atoms with Crippen LogP contribution in [0.15, 0.2) is 48.5 Å². The molecule has 1 aliphatic carbocycles. The number of carboxylic acids is 1. The molecule has 0 aromatic heterocycles. The lowest BCUT2D eigenvalue weighted by molar-refractivity contribution is -0.141. The van der Waals surface area contributed by atoms with Crippen molar-refractivity contribution in [2.75, 3.05) is 19.7 Å². The maximum Gasteiger partial charge on any atom is 0.407 e. The molecule has 176 valence electrons. The Kier molecular flexibility index (Phi) is 8.87. The molecule has 0 heterocycles. The molecule has 3 rings (SSSR count). The maximum atomic E-state index is 12.1. The average Bonchev–Trinajstić information content (AvgIpc) is 3.13. The highest BCUT2D eigenvalue weighted by Gasteiger charge is 2.28. The number of carbonyl (C=O) groups is 3. The van der Waals surface area contributed by atoms with Crippen molar-refractivity contribution in [3.63, 3.8) is 0 Å². The van der Waals surface area contributed by atoms with E-state index in [2.05, 4.69) is 34.9 Å². The van der Waals surface area contributed by atoms with Gasteiger partial charge in [-0.2, -0.15) is 0 Å². The van der Waals surface area contributed by atoms with Crippen molar-refractivity contribution in [2.24, 2.45) is 5.92 Å². The lowest BCUT2D eigenvalue weighted by Gasteiger charge is -2.14. The summed E-state index contributed by atoms with van der Waals surface area (Å²) in [6.07, 6.45) is 2.67. The summed E-state index contributed by atoms with van der Waals surface area (Å²) in [6.45, 7) is 2.78. The molecule has 33 heavy (non-hydrogen) atoms. The van der Waals surface area contributed by atoms with Crippen molar-refractivity contribution in [3.8, 4) is 11.1 Å². The van der Waals surface area contributed by atoms with Crippen LogP contribution in [-0.2, 0) is 14.3 Å². The minimum Gasteiger partial charge on any atom is -0.481 e. The summed E-state index contributed by atoms with van der Waals surface area (Å²) in [5.74, 6) is -1.35. The second-order valence-corrected chi connectivity index (χ2v) is 8.44. The third-order valence-corrected chi connectivity index (χ3v) is 6.01. The number of hydrogen-bond donors (Lipinski definition) is 3. The molecule has 0 saturated heterocycles. The highest BCUT2D eigenvalue weighted by atomic mass is 16.5. The molecule has 7 nitrogen and oxygen atoms in total. The van der Waals surface area contributed by atoms with Crippen LogP contribution in [0.25, 0.3) is 11.1 Å².